The van der Waals surface area contributed by atoms with Crippen LogP contribution >= 0.6 is 11.8 Å². The highest BCUT2D eigenvalue weighted by atomic mass is 32.2. The SMILES string of the molecule is N=C(N=C(N)N)SCc1cnn(-c2ccccc2)c1. The first kappa shape index (κ1) is 13.2. The molecule has 0 radical (unpaired) electrons. The van der Waals surface area contributed by atoms with E-state index in [9.17, 15) is 0 Å². The Bertz CT molecular complexity index is 585. The molecule has 6 nitrogen and oxygen atoms in total. The van der Waals surface area contributed by atoms with Gasteiger partial charge in [-0.1, -0.05) is 30.0 Å². The molecule has 0 saturated carbocycles. The van der Waals surface area contributed by atoms with E-state index in [0.29, 0.717) is 5.75 Å². The predicted octanol–water partition coefficient (Wildman–Crippen LogP) is 1.31. The fourth-order valence-corrected chi connectivity index (χ4v) is 2.08. The topological polar surface area (TPSA) is 106 Å². The highest BCUT2D eigenvalue weighted by Gasteiger charge is 2.03. The molecule has 0 unspecified atom stereocenters. The van der Waals surface area contributed by atoms with Gasteiger partial charge in [0.1, 0.15) is 0 Å². The van der Waals surface area contributed by atoms with Crippen LogP contribution in [0.25, 0.3) is 5.69 Å². The highest BCUT2D eigenvalue weighted by molar-refractivity contribution is 8.13. The fourth-order valence-electron chi connectivity index (χ4n) is 1.46. The average Bonchev–Trinajstić information content (AvgIpc) is 2.85. The van der Waals surface area contributed by atoms with Gasteiger partial charge in [0.2, 0.25) is 0 Å². The Labute approximate surface area is 115 Å². The molecule has 2 aromatic rings. The van der Waals surface area contributed by atoms with Crippen molar-refractivity contribution in [3.05, 3.63) is 48.3 Å². The van der Waals surface area contributed by atoms with Crippen LogP contribution in [0.3, 0.4) is 0 Å². The van der Waals surface area contributed by atoms with Crippen LogP contribution in [0.4, 0.5) is 0 Å². The molecule has 7 heteroatoms. The van der Waals surface area contributed by atoms with Gasteiger partial charge < -0.3 is 11.5 Å². The number of rotatable bonds is 3. The Kier molecular flexibility index (Phi) is 4.19. The van der Waals surface area contributed by atoms with E-state index in [4.69, 9.17) is 16.9 Å². The summed E-state index contributed by atoms with van der Waals surface area (Å²) in [5.41, 5.74) is 12.4. The van der Waals surface area contributed by atoms with Crippen LogP contribution in [0.15, 0.2) is 47.7 Å². The maximum Gasteiger partial charge on any atom is 0.193 e. The van der Waals surface area contributed by atoms with Gasteiger partial charge in [0.25, 0.3) is 0 Å². The van der Waals surface area contributed by atoms with Crippen LogP contribution in [0, 0.1) is 5.41 Å². The molecule has 98 valence electrons. The molecule has 0 spiro atoms. The summed E-state index contributed by atoms with van der Waals surface area (Å²) in [6.07, 6.45) is 3.69. The maximum absolute atomic E-state index is 7.53. The second-order valence-electron chi connectivity index (χ2n) is 3.76. The molecule has 0 aliphatic heterocycles. The minimum atomic E-state index is -0.0996. The maximum atomic E-state index is 7.53. The Morgan fingerprint density at radius 3 is 2.74 bits per heavy atom. The number of benzene rings is 1. The van der Waals surface area contributed by atoms with Gasteiger partial charge in [-0.25, -0.2) is 4.68 Å². The van der Waals surface area contributed by atoms with Crippen LogP contribution < -0.4 is 11.5 Å². The summed E-state index contributed by atoms with van der Waals surface area (Å²) in [4.78, 5) is 3.65. The minimum absolute atomic E-state index is 0.0902. The molecule has 0 aliphatic rings. The van der Waals surface area contributed by atoms with Crippen LogP contribution in [0.5, 0.6) is 0 Å². The number of aromatic nitrogens is 2. The third-order valence-corrected chi connectivity index (χ3v) is 3.11. The molecule has 0 fully saturated rings. The standard InChI is InChI=1S/C12H14N6S/c13-11(14)17-12(15)19-8-9-6-16-18(7-9)10-4-2-1-3-5-10/h1-7H,8H2,(H5,13,14,15,17). The molecule has 0 aliphatic carbocycles. The van der Waals surface area contributed by atoms with Gasteiger partial charge in [-0.2, -0.15) is 10.1 Å². The molecule has 0 atom stereocenters. The van der Waals surface area contributed by atoms with Gasteiger partial charge in [0.05, 0.1) is 11.9 Å². The summed E-state index contributed by atoms with van der Waals surface area (Å²) in [7, 11) is 0. The zero-order chi connectivity index (χ0) is 13.7. The lowest BCUT2D eigenvalue weighted by Crippen LogP contribution is -2.23. The van der Waals surface area contributed by atoms with E-state index in [0.717, 1.165) is 11.3 Å². The third-order valence-electron chi connectivity index (χ3n) is 2.26. The molecular formula is C12H14N6S. The molecule has 0 bridgehead atoms. The predicted molar refractivity (Wildman–Crippen MR) is 78.4 cm³/mol. The van der Waals surface area contributed by atoms with Crippen LogP contribution in [-0.4, -0.2) is 20.9 Å². The molecule has 1 heterocycles. The zero-order valence-electron chi connectivity index (χ0n) is 10.2. The fraction of sp³-hybridized carbons (Fsp3) is 0.0833. The first-order valence-corrected chi connectivity index (χ1v) is 6.53. The number of amidine groups is 1. The van der Waals surface area contributed by atoms with Crippen molar-refractivity contribution >= 4 is 22.9 Å². The molecule has 1 aromatic heterocycles. The van der Waals surface area contributed by atoms with Crippen LogP contribution in [0.1, 0.15) is 5.56 Å². The van der Waals surface area contributed by atoms with E-state index in [1.54, 1.807) is 10.9 Å². The van der Waals surface area contributed by atoms with Crippen molar-refractivity contribution in [2.24, 2.45) is 16.5 Å². The summed E-state index contributed by atoms with van der Waals surface area (Å²) in [5, 5.41) is 11.9. The number of nitrogens with two attached hydrogens (primary N) is 2. The number of hydrogen-bond acceptors (Lipinski definition) is 3. The number of para-hydroxylation sites is 1. The lowest BCUT2D eigenvalue weighted by Gasteiger charge is -1.99. The summed E-state index contributed by atoms with van der Waals surface area (Å²) in [6.45, 7) is 0. The van der Waals surface area contributed by atoms with Crippen LogP contribution in [-0.2, 0) is 5.75 Å². The Balaban J connectivity index is 1.99. The molecule has 2 rings (SSSR count). The molecule has 0 saturated heterocycles. The quantitative estimate of drug-likeness (QED) is 0.579. The second kappa shape index (κ2) is 6.05. The number of thioether (sulfide) groups is 1. The summed E-state index contributed by atoms with van der Waals surface area (Å²) in [6, 6.07) is 9.83. The van der Waals surface area contributed by atoms with Gasteiger partial charge >= 0.3 is 0 Å². The second-order valence-corrected chi connectivity index (χ2v) is 4.72. The molecular weight excluding hydrogens is 260 g/mol. The van der Waals surface area contributed by atoms with E-state index in [1.807, 2.05) is 36.5 Å². The largest absolute Gasteiger partial charge is 0.370 e. The zero-order valence-corrected chi connectivity index (χ0v) is 11.0. The van der Waals surface area contributed by atoms with Gasteiger partial charge in [-0.15, -0.1) is 0 Å². The Morgan fingerprint density at radius 1 is 1.32 bits per heavy atom. The van der Waals surface area contributed by atoms with Gasteiger partial charge in [0, 0.05) is 17.5 Å². The van der Waals surface area contributed by atoms with Gasteiger partial charge in [0.15, 0.2) is 11.1 Å². The monoisotopic (exact) mass is 274 g/mol. The number of nitrogens with one attached hydrogen (secondary N) is 1. The number of guanidine groups is 1. The minimum Gasteiger partial charge on any atom is -0.370 e. The summed E-state index contributed by atoms with van der Waals surface area (Å²) in [5.74, 6) is 0.500. The first-order valence-electron chi connectivity index (χ1n) is 5.55. The van der Waals surface area contributed by atoms with E-state index >= 15 is 0 Å². The highest BCUT2D eigenvalue weighted by Crippen LogP contribution is 2.15. The molecule has 1 aromatic carbocycles. The smallest absolute Gasteiger partial charge is 0.193 e. The van der Waals surface area contributed by atoms with Crippen molar-refractivity contribution < 1.29 is 0 Å². The van der Waals surface area contributed by atoms with Crippen molar-refractivity contribution in [1.29, 1.82) is 5.41 Å². The Hall–Kier alpha value is -2.28. The first-order chi connectivity index (χ1) is 9.15. The van der Waals surface area contributed by atoms with E-state index < -0.39 is 0 Å². The lowest BCUT2D eigenvalue weighted by atomic mass is 10.3. The third kappa shape index (κ3) is 3.85. The van der Waals surface area contributed by atoms with Crippen molar-refractivity contribution in [2.75, 3.05) is 0 Å². The Morgan fingerprint density at radius 2 is 2.05 bits per heavy atom. The van der Waals surface area contributed by atoms with E-state index in [2.05, 4.69) is 10.1 Å². The van der Waals surface area contributed by atoms with Crippen molar-refractivity contribution in [1.82, 2.24) is 9.78 Å². The normalized spacial score (nSPS) is 10.1. The van der Waals surface area contributed by atoms with Gasteiger partial charge in [-0.3, -0.25) is 5.41 Å². The van der Waals surface area contributed by atoms with Crippen LogP contribution in [0.2, 0.25) is 0 Å². The lowest BCUT2D eigenvalue weighted by molar-refractivity contribution is 0.880. The van der Waals surface area contributed by atoms with Crippen molar-refractivity contribution in [2.45, 2.75) is 5.75 Å². The summed E-state index contributed by atoms with van der Waals surface area (Å²) >= 11 is 1.25. The number of hydrogen-bond donors (Lipinski definition) is 3. The van der Waals surface area contributed by atoms with E-state index in [1.165, 1.54) is 11.8 Å². The number of nitrogens with zero attached hydrogens (tertiary/aromatic N) is 3. The molecule has 5 N–H and O–H groups in total. The molecule has 19 heavy (non-hydrogen) atoms. The average molecular weight is 274 g/mol. The number of aliphatic imine (C=N–C) groups is 1. The molecule has 0 amide bonds. The van der Waals surface area contributed by atoms with Crippen molar-refractivity contribution in [3.63, 3.8) is 0 Å². The van der Waals surface area contributed by atoms with E-state index in [-0.39, 0.29) is 11.1 Å². The summed E-state index contributed by atoms with van der Waals surface area (Å²) < 4.78 is 1.79. The van der Waals surface area contributed by atoms with Gasteiger partial charge in [-0.05, 0) is 12.1 Å². The van der Waals surface area contributed by atoms with Crippen molar-refractivity contribution in [3.8, 4) is 5.69 Å².